The Morgan fingerprint density at radius 3 is 2.56 bits per heavy atom. The van der Waals surface area contributed by atoms with Crippen molar-refractivity contribution in [1.82, 2.24) is 15.4 Å². The lowest BCUT2D eigenvalue weighted by Crippen LogP contribution is -2.10. The molecule has 0 fully saturated rings. The molecule has 1 aromatic carbocycles. The standard InChI is InChI=1S/C13H13N3/c1-2-6-10(7-3-1)13-11-8-4-5-9-12(11)14-16-15-13/h1-3,6-7H,4-5,8-9H2. The van der Waals surface area contributed by atoms with Crippen LogP contribution in [0.2, 0.25) is 0 Å². The number of fused-ring (bicyclic) bond motifs is 1. The highest BCUT2D eigenvalue weighted by molar-refractivity contribution is 5.63. The van der Waals surface area contributed by atoms with Gasteiger partial charge in [-0.2, -0.15) is 0 Å². The average molecular weight is 211 g/mol. The maximum absolute atomic E-state index is 4.20. The summed E-state index contributed by atoms with van der Waals surface area (Å²) in [5.41, 5.74) is 4.61. The molecule has 1 aromatic heterocycles. The van der Waals surface area contributed by atoms with Crippen molar-refractivity contribution in [2.75, 3.05) is 0 Å². The van der Waals surface area contributed by atoms with Crippen LogP contribution in [0.1, 0.15) is 24.1 Å². The second-order valence-electron chi connectivity index (χ2n) is 4.14. The van der Waals surface area contributed by atoms with Gasteiger partial charge in [0, 0.05) is 11.1 Å². The highest BCUT2D eigenvalue weighted by Gasteiger charge is 2.16. The van der Waals surface area contributed by atoms with E-state index in [0.717, 1.165) is 29.8 Å². The molecule has 80 valence electrons. The van der Waals surface area contributed by atoms with E-state index in [0.29, 0.717) is 0 Å². The number of benzene rings is 1. The fourth-order valence-corrected chi connectivity index (χ4v) is 2.26. The molecule has 1 aliphatic carbocycles. The quantitative estimate of drug-likeness (QED) is 0.727. The Hall–Kier alpha value is -1.77. The summed E-state index contributed by atoms with van der Waals surface area (Å²) in [4.78, 5) is 0. The second kappa shape index (κ2) is 4.00. The lowest BCUT2D eigenvalue weighted by molar-refractivity contribution is 0.639. The lowest BCUT2D eigenvalue weighted by atomic mass is 9.93. The summed E-state index contributed by atoms with van der Waals surface area (Å²) in [5.74, 6) is 0. The van der Waals surface area contributed by atoms with Crippen molar-refractivity contribution in [3.8, 4) is 11.3 Å². The maximum atomic E-state index is 4.20. The van der Waals surface area contributed by atoms with E-state index in [9.17, 15) is 0 Å². The van der Waals surface area contributed by atoms with E-state index in [2.05, 4.69) is 27.5 Å². The third kappa shape index (κ3) is 1.58. The number of nitrogens with zero attached hydrogens (tertiary/aromatic N) is 3. The zero-order chi connectivity index (χ0) is 10.8. The summed E-state index contributed by atoms with van der Waals surface area (Å²) in [6.45, 7) is 0. The molecule has 0 atom stereocenters. The Bertz CT molecular complexity index is 494. The van der Waals surface area contributed by atoms with Gasteiger partial charge in [0.15, 0.2) is 0 Å². The third-order valence-corrected chi connectivity index (χ3v) is 3.08. The average Bonchev–Trinajstić information content (AvgIpc) is 2.39. The summed E-state index contributed by atoms with van der Waals surface area (Å²) in [7, 11) is 0. The van der Waals surface area contributed by atoms with E-state index in [1.807, 2.05) is 18.2 Å². The minimum Gasteiger partial charge on any atom is -0.135 e. The largest absolute Gasteiger partial charge is 0.135 e. The molecule has 0 saturated heterocycles. The zero-order valence-electron chi connectivity index (χ0n) is 9.06. The molecule has 16 heavy (non-hydrogen) atoms. The minimum absolute atomic E-state index is 1.02. The molecule has 1 heterocycles. The molecule has 0 saturated carbocycles. The smallest absolute Gasteiger partial charge is 0.0998 e. The summed E-state index contributed by atoms with van der Waals surface area (Å²) in [6, 6.07) is 10.3. The number of rotatable bonds is 1. The van der Waals surface area contributed by atoms with Gasteiger partial charge in [0.25, 0.3) is 0 Å². The molecule has 3 rings (SSSR count). The highest BCUT2D eigenvalue weighted by Crippen LogP contribution is 2.27. The first-order valence-corrected chi connectivity index (χ1v) is 5.72. The van der Waals surface area contributed by atoms with Crippen LogP contribution in [0, 0.1) is 0 Å². The van der Waals surface area contributed by atoms with Crippen LogP contribution in [-0.4, -0.2) is 15.4 Å². The topological polar surface area (TPSA) is 38.7 Å². The van der Waals surface area contributed by atoms with Gasteiger partial charge in [0.1, 0.15) is 0 Å². The maximum Gasteiger partial charge on any atom is 0.0998 e. The highest BCUT2D eigenvalue weighted by atomic mass is 15.3. The molecule has 3 heteroatoms. The van der Waals surface area contributed by atoms with Crippen molar-refractivity contribution in [2.24, 2.45) is 0 Å². The second-order valence-corrected chi connectivity index (χ2v) is 4.14. The predicted molar refractivity (Wildman–Crippen MR) is 61.9 cm³/mol. The van der Waals surface area contributed by atoms with Gasteiger partial charge in [-0.05, 0) is 30.9 Å². The minimum atomic E-state index is 1.02. The van der Waals surface area contributed by atoms with Crippen molar-refractivity contribution in [2.45, 2.75) is 25.7 Å². The molecule has 0 aliphatic heterocycles. The number of hydrogen-bond acceptors (Lipinski definition) is 3. The van der Waals surface area contributed by atoms with Crippen LogP contribution in [0.15, 0.2) is 30.3 Å². The number of aromatic nitrogens is 3. The van der Waals surface area contributed by atoms with Crippen molar-refractivity contribution in [1.29, 1.82) is 0 Å². The van der Waals surface area contributed by atoms with Gasteiger partial charge >= 0.3 is 0 Å². The van der Waals surface area contributed by atoms with Gasteiger partial charge in [-0.3, -0.25) is 0 Å². The van der Waals surface area contributed by atoms with Crippen LogP contribution >= 0.6 is 0 Å². The van der Waals surface area contributed by atoms with E-state index in [-0.39, 0.29) is 0 Å². The Balaban J connectivity index is 2.14. The molecular weight excluding hydrogens is 198 g/mol. The SMILES string of the molecule is c1ccc(-c2nnnc3c2CCCC3)cc1. The van der Waals surface area contributed by atoms with E-state index in [1.165, 1.54) is 18.4 Å². The fourth-order valence-electron chi connectivity index (χ4n) is 2.26. The molecule has 1 aliphatic rings. The molecule has 0 N–H and O–H groups in total. The summed E-state index contributed by atoms with van der Waals surface area (Å²) in [6.07, 6.45) is 4.59. The molecular formula is C13H13N3. The van der Waals surface area contributed by atoms with Gasteiger partial charge in [-0.25, -0.2) is 0 Å². The van der Waals surface area contributed by atoms with Crippen molar-refractivity contribution < 1.29 is 0 Å². The Kier molecular flexibility index (Phi) is 2.37. The van der Waals surface area contributed by atoms with Crippen LogP contribution in [0.3, 0.4) is 0 Å². The predicted octanol–water partition coefficient (Wildman–Crippen LogP) is 2.42. The number of hydrogen-bond donors (Lipinski definition) is 0. The normalized spacial score (nSPS) is 14.5. The molecule has 3 nitrogen and oxygen atoms in total. The van der Waals surface area contributed by atoms with Gasteiger partial charge in [-0.1, -0.05) is 30.3 Å². The third-order valence-electron chi connectivity index (χ3n) is 3.08. The van der Waals surface area contributed by atoms with Crippen LogP contribution in [0.25, 0.3) is 11.3 Å². The molecule has 0 unspecified atom stereocenters. The van der Waals surface area contributed by atoms with Gasteiger partial charge in [-0.15, -0.1) is 10.2 Å². The van der Waals surface area contributed by atoms with Crippen molar-refractivity contribution in [3.63, 3.8) is 0 Å². The lowest BCUT2D eigenvalue weighted by Gasteiger charge is -2.15. The first-order chi connectivity index (χ1) is 7.95. The van der Waals surface area contributed by atoms with E-state index < -0.39 is 0 Å². The Morgan fingerprint density at radius 2 is 1.69 bits per heavy atom. The first-order valence-electron chi connectivity index (χ1n) is 5.72. The monoisotopic (exact) mass is 211 g/mol. The van der Waals surface area contributed by atoms with E-state index >= 15 is 0 Å². The van der Waals surface area contributed by atoms with Crippen molar-refractivity contribution >= 4 is 0 Å². The fraction of sp³-hybridized carbons (Fsp3) is 0.308. The van der Waals surface area contributed by atoms with Crippen LogP contribution in [-0.2, 0) is 12.8 Å². The van der Waals surface area contributed by atoms with Gasteiger partial charge in [0.2, 0.25) is 0 Å². The molecule has 0 spiro atoms. The number of aryl methyl sites for hydroxylation is 1. The van der Waals surface area contributed by atoms with E-state index in [1.54, 1.807) is 0 Å². The molecule has 0 bridgehead atoms. The zero-order valence-corrected chi connectivity index (χ0v) is 9.06. The molecule has 0 radical (unpaired) electrons. The first kappa shape index (κ1) is 9.46. The van der Waals surface area contributed by atoms with Crippen LogP contribution < -0.4 is 0 Å². The Labute approximate surface area is 94.5 Å². The molecule has 0 amide bonds. The molecule has 2 aromatic rings. The van der Waals surface area contributed by atoms with Gasteiger partial charge in [0.05, 0.1) is 11.4 Å². The van der Waals surface area contributed by atoms with E-state index in [4.69, 9.17) is 0 Å². The summed E-state index contributed by atoms with van der Waals surface area (Å²) in [5, 5.41) is 12.2. The van der Waals surface area contributed by atoms with Gasteiger partial charge < -0.3 is 0 Å². The summed E-state index contributed by atoms with van der Waals surface area (Å²) >= 11 is 0. The summed E-state index contributed by atoms with van der Waals surface area (Å²) < 4.78 is 0. The van der Waals surface area contributed by atoms with Crippen LogP contribution in [0.5, 0.6) is 0 Å². The Morgan fingerprint density at radius 1 is 0.875 bits per heavy atom. The van der Waals surface area contributed by atoms with Crippen molar-refractivity contribution in [3.05, 3.63) is 41.6 Å². The van der Waals surface area contributed by atoms with Crippen LogP contribution in [0.4, 0.5) is 0 Å².